The molecule has 0 spiro atoms. The molecule has 0 aliphatic heterocycles. The number of hydrogen-bond acceptors (Lipinski definition) is 1. The van der Waals surface area contributed by atoms with E-state index in [2.05, 4.69) is 25.8 Å². The van der Waals surface area contributed by atoms with Crippen molar-refractivity contribution in [3.63, 3.8) is 0 Å². The summed E-state index contributed by atoms with van der Waals surface area (Å²) in [5.74, 6) is -0.273. The molecule has 3 heteroatoms. The summed E-state index contributed by atoms with van der Waals surface area (Å²) in [5.41, 5.74) is 1.52. The summed E-state index contributed by atoms with van der Waals surface area (Å²) in [5, 5.41) is 0. The van der Waals surface area contributed by atoms with Gasteiger partial charge in [-0.15, -0.1) is 0 Å². The third-order valence-corrected chi connectivity index (χ3v) is 2.21. The zero-order chi connectivity index (χ0) is 10.3. The highest BCUT2D eigenvalue weighted by atomic mass is 19.1. The first-order chi connectivity index (χ1) is 6.48. The second kappa shape index (κ2) is 2.80. The molecule has 0 amide bonds. The molecule has 0 bridgehead atoms. The molecule has 0 fully saturated rings. The fraction of sp³-hybridized carbons (Fsp3) is 0.364. The van der Waals surface area contributed by atoms with E-state index in [1.54, 1.807) is 18.3 Å². The lowest BCUT2D eigenvalue weighted by molar-refractivity contribution is 0.558. The standard InChI is InChI=1S/C11H13FN2/c1-11(2,3)8-7-14-9(12)5-4-6-10(14)13-8/h4-7H,1-3H3. The van der Waals surface area contributed by atoms with Gasteiger partial charge >= 0.3 is 0 Å². The van der Waals surface area contributed by atoms with Gasteiger partial charge in [-0.05, 0) is 12.1 Å². The Balaban J connectivity index is 2.69. The van der Waals surface area contributed by atoms with Crippen LogP contribution in [0.15, 0.2) is 24.4 Å². The van der Waals surface area contributed by atoms with Crippen LogP contribution in [0.3, 0.4) is 0 Å². The zero-order valence-electron chi connectivity index (χ0n) is 8.58. The predicted octanol–water partition coefficient (Wildman–Crippen LogP) is 2.77. The highest BCUT2D eigenvalue weighted by Crippen LogP contribution is 2.21. The lowest BCUT2D eigenvalue weighted by Crippen LogP contribution is -2.11. The maximum atomic E-state index is 13.3. The van der Waals surface area contributed by atoms with Crippen molar-refractivity contribution in [2.75, 3.05) is 0 Å². The molecule has 74 valence electrons. The van der Waals surface area contributed by atoms with Crippen molar-refractivity contribution in [3.05, 3.63) is 36.0 Å². The van der Waals surface area contributed by atoms with Gasteiger partial charge in [-0.25, -0.2) is 4.98 Å². The lowest BCUT2D eigenvalue weighted by atomic mass is 9.93. The largest absolute Gasteiger partial charge is 0.276 e. The number of fused-ring (bicyclic) bond motifs is 1. The van der Waals surface area contributed by atoms with E-state index >= 15 is 0 Å². The van der Waals surface area contributed by atoms with Crippen LogP contribution in [-0.2, 0) is 5.41 Å². The van der Waals surface area contributed by atoms with Gasteiger partial charge in [0, 0.05) is 11.6 Å². The minimum atomic E-state index is -0.273. The van der Waals surface area contributed by atoms with Gasteiger partial charge in [-0.2, -0.15) is 4.39 Å². The van der Waals surface area contributed by atoms with Crippen LogP contribution in [0.25, 0.3) is 5.65 Å². The highest BCUT2D eigenvalue weighted by molar-refractivity contribution is 5.41. The molecule has 0 unspecified atom stereocenters. The van der Waals surface area contributed by atoms with Crippen LogP contribution in [0.2, 0.25) is 0 Å². The first-order valence-corrected chi connectivity index (χ1v) is 4.62. The second-order valence-corrected chi connectivity index (χ2v) is 4.45. The molecule has 0 aliphatic carbocycles. The summed E-state index contributed by atoms with van der Waals surface area (Å²) in [6.07, 6.45) is 1.75. The molecule has 0 atom stereocenters. The fourth-order valence-corrected chi connectivity index (χ4v) is 1.34. The van der Waals surface area contributed by atoms with E-state index in [9.17, 15) is 4.39 Å². The molecule has 2 aromatic heterocycles. The van der Waals surface area contributed by atoms with Crippen molar-refractivity contribution in [2.24, 2.45) is 0 Å². The van der Waals surface area contributed by atoms with Crippen LogP contribution >= 0.6 is 0 Å². The first kappa shape index (κ1) is 9.19. The summed E-state index contributed by atoms with van der Waals surface area (Å²) in [6.45, 7) is 6.19. The third-order valence-electron chi connectivity index (χ3n) is 2.21. The number of hydrogen-bond donors (Lipinski definition) is 0. The van der Waals surface area contributed by atoms with Gasteiger partial charge in [0.05, 0.1) is 5.69 Å². The van der Waals surface area contributed by atoms with Crippen molar-refractivity contribution < 1.29 is 4.39 Å². The van der Waals surface area contributed by atoms with Gasteiger partial charge in [0.2, 0.25) is 0 Å². The van der Waals surface area contributed by atoms with E-state index in [0.29, 0.717) is 5.65 Å². The van der Waals surface area contributed by atoms with E-state index in [-0.39, 0.29) is 11.4 Å². The number of rotatable bonds is 0. The Morgan fingerprint density at radius 3 is 2.57 bits per heavy atom. The molecule has 0 aromatic carbocycles. The number of nitrogens with zero attached hydrogens (tertiary/aromatic N) is 2. The van der Waals surface area contributed by atoms with E-state index in [1.165, 1.54) is 10.5 Å². The van der Waals surface area contributed by atoms with Gasteiger partial charge in [0.25, 0.3) is 0 Å². The van der Waals surface area contributed by atoms with Crippen molar-refractivity contribution >= 4 is 5.65 Å². The van der Waals surface area contributed by atoms with E-state index in [4.69, 9.17) is 0 Å². The molecule has 0 radical (unpaired) electrons. The number of halogens is 1. The van der Waals surface area contributed by atoms with Crippen LogP contribution < -0.4 is 0 Å². The molecule has 0 aliphatic rings. The van der Waals surface area contributed by atoms with Crippen LogP contribution in [0.1, 0.15) is 26.5 Å². The summed E-state index contributed by atoms with van der Waals surface area (Å²) in [4.78, 5) is 4.37. The Morgan fingerprint density at radius 1 is 1.29 bits per heavy atom. The normalized spacial score (nSPS) is 12.3. The average Bonchev–Trinajstić information content (AvgIpc) is 2.48. The van der Waals surface area contributed by atoms with E-state index in [1.807, 2.05) is 0 Å². The summed E-state index contributed by atoms with van der Waals surface area (Å²) in [6, 6.07) is 4.91. The second-order valence-electron chi connectivity index (χ2n) is 4.45. The number of imidazole rings is 1. The van der Waals surface area contributed by atoms with E-state index < -0.39 is 0 Å². The number of pyridine rings is 1. The zero-order valence-corrected chi connectivity index (χ0v) is 8.58. The molecule has 2 rings (SSSR count). The smallest absolute Gasteiger partial charge is 0.199 e. The van der Waals surface area contributed by atoms with Gasteiger partial charge in [-0.3, -0.25) is 4.40 Å². The fourth-order valence-electron chi connectivity index (χ4n) is 1.34. The van der Waals surface area contributed by atoms with Gasteiger partial charge in [0.1, 0.15) is 5.65 Å². The van der Waals surface area contributed by atoms with Crippen LogP contribution in [0.4, 0.5) is 4.39 Å². The predicted molar refractivity (Wildman–Crippen MR) is 53.9 cm³/mol. The molecular formula is C11H13FN2. The summed E-state index contributed by atoms with van der Waals surface area (Å²) >= 11 is 0. The van der Waals surface area contributed by atoms with Crippen molar-refractivity contribution in [1.29, 1.82) is 0 Å². The van der Waals surface area contributed by atoms with Crippen molar-refractivity contribution in [1.82, 2.24) is 9.38 Å². The third kappa shape index (κ3) is 1.39. The molecule has 0 saturated heterocycles. The van der Waals surface area contributed by atoms with Gasteiger partial charge < -0.3 is 0 Å². The van der Waals surface area contributed by atoms with Crippen molar-refractivity contribution in [2.45, 2.75) is 26.2 Å². The molecular weight excluding hydrogens is 179 g/mol. The van der Waals surface area contributed by atoms with Crippen molar-refractivity contribution in [3.8, 4) is 0 Å². The highest BCUT2D eigenvalue weighted by Gasteiger charge is 2.18. The SMILES string of the molecule is CC(C)(C)c1cn2c(F)cccc2n1. The maximum Gasteiger partial charge on any atom is 0.199 e. The van der Waals surface area contributed by atoms with Crippen LogP contribution in [0.5, 0.6) is 0 Å². The Hall–Kier alpha value is -1.38. The minimum absolute atomic E-state index is 0.0432. The molecule has 0 saturated carbocycles. The van der Waals surface area contributed by atoms with Gasteiger partial charge in [-0.1, -0.05) is 26.8 Å². The molecule has 2 nitrogen and oxygen atoms in total. The van der Waals surface area contributed by atoms with Crippen LogP contribution in [0, 0.1) is 5.95 Å². The quantitative estimate of drug-likeness (QED) is 0.587. The topological polar surface area (TPSA) is 17.3 Å². The molecule has 2 heterocycles. The summed E-state index contributed by atoms with van der Waals surface area (Å²) in [7, 11) is 0. The Labute approximate surface area is 82.4 Å². The minimum Gasteiger partial charge on any atom is -0.276 e. The molecule has 2 aromatic rings. The molecule has 14 heavy (non-hydrogen) atoms. The average molecular weight is 192 g/mol. The monoisotopic (exact) mass is 192 g/mol. The summed E-state index contributed by atoms with van der Waals surface area (Å²) < 4.78 is 14.8. The Kier molecular flexibility index (Phi) is 1.84. The Morgan fingerprint density at radius 2 is 2.00 bits per heavy atom. The van der Waals surface area contributed by atoms with Gasteiger partial charge in [0.15, 0.2) is 5.95 Å². The van der Waals surface area contributed by atoms with E-state index in [0.717, 1.165) is 5.69 Å². The molecule has 0 N–H and O–H groups in total. The number of aromatic nitrogens is 2. The van der Waals surface area contributed by atoms with Crippen LogP contribution in [-0.4, -0.2) is 9.38 Å². The lowest BCUT2D eigenvalue weighted by Gasteiger charge is -2.13. The Bertz CT molecular complexity index is 466. The maximum absolute atomic E-state index is 13.3. The first-order valence-electron chi connectivity index (χ1n) is 4.62.